The van der Waals surface area contributed by atoms with Crippen molar-refractivity contribution in [3.8, 4) is 0 Å². The summed E-state index contributed by atoms with van der Waals surface area (Å²) in [6, 6.07) is 14.8. The number of hydrogen-bond donors (Lipinski definition) is 0. The monoisotopic (exact) mass is 406 g/mol. The zero-order valence-corrected chi connectivity index (χ0v) is 17.3. The molecule has 2 atom stereocenters. The lowest BCUT2D eigenvalue weighted by Gasteiger charge is -2.40. The van der Waals surface area contributed by atoms with Gasteiger partial charge in [0.2, 0.25) is 11.8 Å². The second-order valence-electron chi connectivity index (χ2n) is 7.91. The number of ether oxygens (including phenoxy) is 1. The molecule has 0 aliphatic carbocycles. The zero-order chi connectivity index (χ0) is 21.3. The van der Waals surface area contributed by atoms with Crippen molar-refractivity contribution in [3.05, 3.63) is 70.8 Å². The predicted octanol–water partition coefficient (Wildman–Crippen LogP) is 2.65. The molecule has 0 fully saturated rings. The summed E-state index contributed by atoms with van der Waals surface area (Å²) in [6.07, 6.45) is 1.36. The largest absolute Gasteiger partial charge is 0.467 e. The van der Waals surface area contributed by atoms with Crippen molar-refractivity contribution < 1.29 is 19.1 Å². The van der Waals surface area contributed by atoms with Crippen molar-refractivity contribution in [2.24, 2.45) is 0 Å². The highest BCUT2D eigenvalue weighted by atomic mass is 16.5. The van der Waals surface area contributed by atoms with Gasteiger partial charge in [-0.25, -0.2) is 4.79 Å². The number of nitrogens with zero attached hydrogens (tertiary/aromatic N) is 2. The Morgan fingerprint density at radius 1 is 0.967 bits per heavy atom. The van der Waals surface area contributed by atoms with Gasteiger partial charge in [0, 0.05) is 26.4 Å². The van der Waals surface area contributed by atoms with E-state index >= 15 is 0 Å². The number of benzene rings is 2. The van der Waals surface area contributed by atoms with Gasteiger partial charge in [0.1, 0.15) is 6.04 Å². The van der Waals surface area contributed by atoms with Crippen LogP contribution in [0.3, 0.4) is 0 Å². The molecule has 0 saturated carbocycles. The number of carbonyl (C=O) groups excluding carboxylic acids is 3. The highest BCUT2D eigenvalue weighted by molar-refractivity contribution is 5.86. The number of hydrogen-bond acceptors (Lipinski definition) is 4. The molecular formula is C24H26N2O4. The van der Waals surface area contributed by atoms with E-state index in [9.17, 15) is 14.4 Å². The first kappa shape index (κ1) is 20.1. The normalized spacial score (nSPS) is 20.2. The minimum Gasteiger partial charge on any atom is -0.467 e. The van der Waals surface area contributed by atoms with E-state index in [2.05, 4.69) is 6.07 Å². The molecule has 0 radical (unpaired) electrons. The van der Waals surface area contributed by atoms with Crippen LogP contribution in [0.5, 0.6) is 0 Å². The van der Waals surface area contributed by atoms with Crippen LogP contribution in [0.1, 0.15) is 41.6 Å². The van der Waals surface area contributed by atoms with E-state index in [0.29, 0.717) is 19.5 Å². The lowest BCUT2D eigenvalue weighted by atomic mass is 9.89. The van der Waals surface area contributed by atoms with E-state index in [0.717, 1.165) is 23.1 Å². The molecule has 30 heavy (non-hydrogen) atoms. The van der Waals surface area contributed by atoms with Crippen molar-refractivity contribution in [3.63, 3.8) is 0 Å². The molecule has 156 valence electrons. The highest BCUT2D eigenvalue weighted by Crippen LogP contribution is 2.34. The van der Waals surface area contributed by atoms with Crippen LogP contribution in [0.25, 0.3) is 0 Å². The van der Waals surface area contributed by atoms with Gasteiger partial charge in [-0.2, -0.15) is 0 Å². The van der Waals surface area contributed by atoms with E-state index in [1.807, 2.05) is 42.5 Å². The quantitative estimate of drug-likeness (QED) is 0.735. The van der Waals surface area contributed by atoms with E-state index in [4.69, 9.17) is 4.74 Å². The van der Waals surface area contributed by atoms with Crippen LogP contribution in [-0.2, 0) is 38.5 Å². The van der Waals surface area contributed by atoms with Gasteiger partial charge in [0.05, 0.1) is 19.6 Å². The maximum atomic E-state index is 13.5. The highest BCUT2D eigenvalue weighted by Gasteiger charge is 2.38. The first-order valence-electron chi connectivity index (χ1n) is 10.3. The lowest BCUT2D eigenvalue weighted by Crippen LogP contribution is -2.50. The fourth-order valence-corrected chi connectivity index (χ4v) is 4.66. The summed E-state index contributed by atoms with van der Waals surface area (Å²) in [7, 11) is 1.35. The molecule has 0 bridgehead atoms. The summed E-state index contributed by atoms with van der Waals surface area (Å²) in [5.74, 6) is -0.603. The fraction of sp³-hybridized carbons (Fsp3) is 0.375. The first-order chi connectivity index (χ1) is 14.5. The number of amides is 2. The molecular weight excluding hydrogens is 380 g/mol. The van der Waals surface area contributed by atoms with Gasteiger partial charge in [-0.05, 0) is 28.7 Å². The van der Waals surface area contributed by atoms with Crippen molar-refractivity contribution in [1.29, 1.82) is 0 Å². The number of rotatable bonds is 3. The van der Waals surface area contributed by atoms with Gasteiger partial charge in [-0.15, -0.1) is 0 Å². The molecule has 2 aliphatic heterocycles. The fourth-order valence-electron chi connectivity index (χ4n) is 4.66. The summed E-state index contributed by atoms with van der Waals surface area (Å²) in [5, 5.41) is 0. The molecule has 0 aromatic heterocycles. The Hall–Kier alpha value is -3.15. The minimum absolute atomic E-state index is 0.0455. The lowest BCUT2D eigenvalue weighted by molar-refractivity contribution is -0.155. The Morgan fingerprint density at radius 2 is 1.63 bits per heavy atom. The Morgan fingerprint density at radius 3 is 2.33 bits per heavy atom. The maximum absolute atomic E-state index is 13.5. The van der Waals surface area contributed by atoms with Crippen molar-refractivity contribution in [1.82, 2.24) is 9.80 Å². The van der Waals surface area contributed by atoms with Crippen LogP contribution in [0, 0.1) is 0 Å². The summed E-state index contributed by atoms with van der Waals surface area (Å²) < 4.78 is 4.99. The molecule has 2 heterocycles. The molecule has 2 amide bonds. The van der Waals surface area contributed by atoms with Gasteiger partial charge in [-0.1, -0.05) is 48.5 Å². The molecule has 0 N–H and O–H groups in total. The Balaban J connectivity index is 1.64. The Labute approximate surface area is 176 Å². The summed E-state index contributed by atoms with van der Waals surface area (Å²) in [4.78, 5) is 41.6. The SMILES string of the molecule is COC(=O)C1Cc2ccccc2CN1C(=O)CC1c2ccccc2CCN1C(C)=O. The van der Waals surface area contributed by atoms with Crippen molar-refractivity contribution in [2.75, 3.05) is 13.7 Å². The third-order valence-corrected chi connectivity index (χ3v) is 6.23. The average Bonchev–Trinajstić information content (AvgIpc) is 2.77. The van der Waals surface area contributed by atoms with Gasteiger partial charge < -0.3 is 14.5 Å². The van der Waals surface area contributed by atoms with E-state index in [1.54, 1.807) is 16.7 Å². The molecule has 4 rings (SSSR count). The molecule has 6 nitrogen and oxygen atoms in total. The standard InChI is InChI=1S/C24H26N2O4/c1-16(27)25-12-11-17-7-5-6-10-20(17)21(25)14-23(28)26-15-19-9-4-3-8-18(19)13-22(26)24(29)30-2/h3-10,21-22H,11-15H2,1-2H3. The van der Waals surface area contributed by atoms with E-state index in [-0.39, 0.29) is 24.3 Å². The molecule has 2 aromatic carbocycles. The number of methoxy groups -OCH3 is 1. The molecule has 6 heteroatoms. The Bertz CT molecular complexity index is 987. The second-order valence-corrected chi connectivity index (χ2v) is 7.91. The van der Waals surface area contributed by atoms with Gasteiger partial charge in [-0.3, -0.25) is 9.59 Å². The van der Waals surface area contributed by atoms with Crippen LogP contribution >= 0.6 is 0 Å². The first-order valence-corrected chi connectivity index (χ1v) is 10.3. The van der Waals surface area contributed by atoms with Gasteiger partial charge in [0.15, 0.2) is 0 Å². The van der Waals surface area contributed by atoms with Crippen LogP contribution in [0.2, 0.25) is 0 Å². The van der Waals surface area contributed by atoms with Crippen LogP contribution in [0.15, 0.2) is 48.5 Å². The van der Waals surface area contributed by atoms with E-state index < -0.39 is 12.0 Å². The summed E-state index contributed by atoms with van der Waals surface area (Å²) in [6.45, 7) is 2.50. The van der Waals surface area contributed by atoms with Crippen LogP contribution in [0.4, 0.5) is 0 Å². The summed E-state index contributed by atoms with van der Waals surface area (Å²) >= 11 is 0. The van der Waals surface area contributed by atoms with Gasteiger partial charge >= 0.3 is 5.97 Å². The van der Waals surface area contributed by atoms with Crippen LogP contribution < -0.4 is 0 Å². The van der Waals surface area contributed by atoms with Crippen LogP contribution in [-0.4, -0.2) is 47.3 Å². The predicted molar refractivity (Wildman–Crippen MR) is 111 cm³/mol. The minimum atomic E-state index is -0.651. The van der Waals surface area contributed by atoms with Crippen molar-refractivity contribution >= 4 is 17.8 Å². The average molecular weight is 406 g/mol. The number of esters is 1. The van der Waals surface area contributed by atoms with Gasteiger partial charge in [0.25, 0.3) is 0 Å². The van der Waals surface area contributed by atoms with E-state index in [1.165, 1.54) is 12.7 Å². The topological polar surface area (TPSA) is 66.9 Å². The number of carbonyl (C=O) groups is 3. The summed E-state index contributed by atoms with van der Waals surface area (Å²) in [5.41, 5.74) is 4.28. The smallest absolute Gasteiger partial charge is 0.328 e. The molecule has 2 unspecified atom stereocenters. The third kappa shape index (κ3) is 3.70. The third-order valence-electron chi connectivity index (χ3n) is 6.23. The molecule has 2 aliphatic rings. The van der Waals surface area contributed by atoms with Crippen molar-refractivity contribution in [2.45, 2.75) is 44.8 Å². The Kier molecular flexibility index (Phi) is 5.57. The maximum Gasteiger partial charge on any atom is 0.328 e. The molecule has 2 aromatic rings. The number of fused-ring (bicyclic) bond motifs is 2. The molecule has 0 spiro atoms. The zero-order valence-electron chi connectivity index (χ0n) is 17.3. The second kappa shape index (κ2) is 8.30. The molecule has 0 saturated heterocycles.